The first-order chi connectivity index (χ1) is 20.9. The van der Waals surface area contributed by atoms with Crippen LogP contribution in [0.3, 0.4) is 0 Å². The molecule has 43 heavy (non-hydrogen) atoms. The fourth-order valence-corrected chi connectivity index (χ4v) is 5.62. The molecule has 4 rings (SSSR count). The summed E-state index contributed by atoms with van der Waals surface area (Å²) in [5.74, 6) is 1.95. The Balaban J connectivity index is 2.00. The number of nitrogens with one attached hydrogen (secondary N) is 1. The maximum Gasteiger partial charge on any atom is 0.253 e. The molecule has 0 aliphatic heterocycles. The molecule has 10 nitrogen and oxygen atoms in total. The van der Waals surface area contributed by atoms with Crippen molar-refractivity contribution in [1.29, 1.82) is 5.53 Å². The van der Waals surface area contributed by atoms with E-state index in [-0.39, 0.29) is 16.0 Å². The van der Waals surface area contributed by atoms with E-state index in [1.165, 1.54) is 0 Å². The Morgan fingerprint density at radius 1 is 0.930 bits per heavy atom. The Morgan fingerprint density at radius 3 is 2.23 bits per heavy atom. The van der Waals surface area contributed by atoms with Crippen LogP contribution in [0.5, 0.6) is 0 Å². The number of benzene rings is 2. The number of rotatable bonds is 14. The molecule has 0 amide bonds. The number of quaternary nitrogens is 1. The van der Waals surface area contributed by atoms with Crippen LogP contribution in [-0.2, 0) is 19.4 Å². The van der Waals surface area contributed by atoms with Crippen molar-refractivity contribution in [2.24, 2.45) is 10.3 Å². The lowest BCUT2D eigenvalue weighted by molar-refractivity contribution is -0.505. The number of aromatic nitrogens is 4. The smallest absolute Gasteiger partial charge is 0.253 e. The minimum absolute atomic E-state index is 0.134. The van der Waals surface area contributed by atoms with Gasteiger partial charge in [-0.2, -0.15) is 5.53 Å². The number of amidine groups is 1. The lowest BCUT2D eigenvalue weighted by Gasteiger charge is -2.19. The Labute approximate surface area is 260 Å². The molecule has 2 heterocycles. The molecule has 0 aliphatic rings. The minimum atomic E-state index is 0.134. The van der Waals surface area contributed by atoms with Crippen LogP contribution in [-0.4, -0.2) is 44.6 Å². The summed E-state index contributed by atoms with van der Waals surface area (Å²) in [6, 6.07) is 13.6. The molecule has 2 aromatic heterocycles. The van der Waals surface area contributed by atoms with Crippen molar-refractivity contribution >= 4 is 41.6 Å². The van der Waals surface area contributed by atoms with Crippen molar-refractivity contribution in [1.82, 2.24) is 19.1 Å². The fraction of sp³-hybridized carbons (Fsp3) is 0.323. The van der Waals surface area contributed by atoms with Gasteiger partial charge in [-0.1, -0.05) is 85.3 Å². The molecule has 0 fully saturated rings. The minimum Gasteiger partial charge on any atom is -0.320 e. The first kappa shape index (κ1) is 31.9. The molecule has 0 radical (unpaired) electrons. The molecule has 0 bridgehead atoms. The van der Waals surface area contributed by atoms with Crippen LogP contribution in [0, 0.1) is 5.53 Å². The molecular weight excluding hydrogens is 587 g/mol. The van der Waals surface area contributed by atoms with Gasteiger partial charge in [0.05, 0.1) is 18.3 Å². The van der Waals surface area contributed by atoms with Crippen molar-refractivity contribution in [2.75, 3.05) is 7.05 Å². The van der Waals surface area contributed by atoms with Crippen LogP contribution in [0.15, 0.2) is 52.8 Å². The van der Waals surface area contributed by atoms with E-state index in [4.69, 9.17) is 28.7 Å². The van der Waals surface area contributed by atoms with Crippen LogP contribution in [0.4, 0.5) is 0 Å². The predicted octanol–water partition coefficient (Wildman–Crippen LogP) is 6.29. The molecule has 2 aromatic carbocycles. The predicted molar refractivity (Wildman–Crippen MR) is 168 cm³/mol. The van der Waals surface area contributed by atoms with Gasteiger partial charge < -0.3 is 4.57 Å². The molecule has 224 valence electrons. The molecule has 12 heteroatoms. The van der Waals surface area contributed by atoms with Crippen molar-refractivity contribution in [3.8, 4) is 16.8 Å². The highest BCUT2D eigenvalue weighted by Crippen LogP contribution is 2.34. The number of unbranched alkanes of at least 4 members (excludes halogenated alkanes) is 2. The maximum atomic E-state index is 12.4. The summed E-state index contributed by atoms with van der Waals surface area (Å²) in [7, 11) is 1.84. The number of nitrogens with zero attached hydrogens (tertiary/aromatic N) is 6. The van der Waals surface area contributed by atoms with Gasteiger partial charge in [-0.05, 0) is 41.3 Å². The summed E-state index contributed by atoms with van der Waals surface area (Å²) in [4.78, 5) is 33.5. The number of aryl methyl sites for hydroxylation is 2. The third-order valence-electron chi connectivity index (χ3n) is 7.28. The molecule has 3 N–H and O–H groups in total. The van der Waals surface area contributed by atoms with E-state index in [1.807, 2.05) is 58.6 Å². The second kappa shape index (κ2) is 15.0. The number of halogens is 2. The maximum absolute atomic E-state index is 12.4. The molecule has 0 saturated carbocycles. The van der Waals surface area contributed by atoms with Gasteiger partial charge in [0, 0.05) is 24.9 Å². The quantitative estimate of drug-likeness (QED) is 0.0562. The fourth-order valence-electron chi connectivity index (χ4n) is 5.15. The summed E-state index contributed by atoms with van der Waals surface area (Å²) in [6.07, 6.45) is 6.45. The number of carbonyl (C=O) groups excluding carboxylic acids is 2. The number of hydrogen-bond acceptors (Lipinski definition) is 6. The van der Waals surface area contributed by atoms with Crippen molar-refractivity contribution < 1.29 is 14.9 Å². The number of hydrogen-bond donors (Lipinski definition) is 2. The number of carbonyl (C=O) groups is 2. The highest BCUT2D eigenvalue weighted by molar-refractivity contribution is 6.32. The summed E-state index contributed by atoms with van der Waals surface area (Å²) in [5, 5.41) is 9.40. The zero-order valence-electron chi connectivity index (χ0n) is 24.5. The van der Waals surface area contributed by atoms with Crippen molar-refractivity contribution in [3.63, 3.8) is 0 Å². The van der Waals surface area contributed by atoms with Crippen LogP contribution in [0.25, 0.3) is 16.8 Å². The summed E-state index contributed by atoms with van der Waals surface area (Å²) < 4.78 is 3.67. The van der Waals surface area contributed by atoms with Crippen LogP contribution >= 0.6 is 23.2 Å². The van der Waals surface area contributed by atoms with E-state index < -0.39 is 0 Å². The van der Waals surface area contributed by atoms with E-state index in [0.717, 1.165) is 66.3 Å². The van der Waals surface area contributed by atoms with Crippen LogP contribution < -0.4 is 5.32 Å². The zero-order valence-corrected chi connectivity index (χ0v) is 26.0. The van der Waals surface area contributed by atoms with Crippen molar-refractivity contribution in [3.05, 3.63) is 86.9 Å². The zero-order chi connectivity index (χ0) is 30.9. The van der Waals surface area contributed by atoms with Gasteiger partial charge in [-0.25, -0.2) is 9.97 Å². The highest BCUT2D eigenvalue weighted by Gasteiger charge is 2.23. The first-order valence-electron chi connectivity index (χ1n) is 14.3. The van der Waals surface area contributed by atoms with E-state index >= 15 is 0 Å². The van der Waals surface area contributed by atoms with Gasteiger partial charge in [0.2, 0.25) is 0 Å². The normalized spacial score (nSPS) is 11.6. The van der Waals surface area contributed by atoms with Gasteiger partial charge in [0.25, 0.3) is 5.84 Å². The van der Waals surface area contributed by atoms with Crippen LogP contribution in [0.1, 0.15) is 83.3 Å². The van der Waals surface area contributed by atoms with E-state index in [2.05, 4.69) is 34.1 Å². The van der Waals surface area contributed by atoms with Gasteiger partial charge in [-0.15, -0.1) is 0 Å². The average Bonchev–Trinajstić information content (AvgIpc) is 3.51. The average molecular weight is 623 g/mol. The van der Waals surface area contributed by atoms with Gasteiger partial charge in [-0.3, -0.25) is 19.5 Å². The standard InChI is InChI=1S/C31H34Cl2N8O2/c1-4-6-12-27-36-29(32)25(18-42)40(27)17-20-14-15-22(21-10-8-9-11-23(21)31(35-3)38-39-34)24(16-20)41-26(19-43)30(33)37-28(41)13-7-5-2/h8-11,14-16,18-19H,4-7,12-13,17H2,1-3H3,(H2,34,35,38)/p+1. The lowest BCUT2D eigenvalue weighted by atomic mass is 9.95. The van der Waals surface area contributed by atoms with Gasteiger partial charge >= 0.3 is 0 Å². The molecular formula is C31H35Cl2N8O2+. The first-order valence-corrected chi connectivity index (χ1v) is 15.1. The Kier molecular flexibility index (Phi) is 11.1. The molecule has 4 aromatic rings. The van der Waals surface area contributed by atoms with Gasteiger partial charge in [0.15, 0.2) is 22.9 Å². The lowest BCUT2D eigenvalue weighted by Crippen LogP contribution is -2.84. The largest absolute Gasteiger partial charge is 0.320 e. The summed E-state index contributed by atoms with van der Waals surface area (Å²) >= 11 is 12.9. The SMILES string of the molecule is CCCCc1nc(Cl)c(C=O)n1Cc1ccc(-c2ccccc2/C(=N/N=N)[NH2+]C)c(-n2c(CCCC)nc(Cl)c2C=O)c1. The Morgan fingerprint density at radius 2 is 1.58 bits per heavy atom. The van der Waals surface area contributed by atoms with E-state index in [0.29, 0.717) is 42.4 Å². The molecule has 0 spiro atoms. The summed E-state index contributed by atoms with van der Waals surface area (Å²) in [6.45, 7) is 4.53. The number of nitrogens with two attached hydrogens (primary N) is 1. The Hall–Kier alpha value is -3.99. The van der Waals surface area contributed by atoms with E-state index in [1.54, 1.807) is 5.32 Å². The second-order valence-electron chi connectivity index (χ2n) is 10.0. The third kappa shape index (κ3) is 6.82. The molecule has 0 aliphatic carbocycles. The monoisotopic (exact) mass is 621 g/mol. The third-order valence-corrected chi connectivity index (χ3v) is 7.83. The summed E-state index contributed by atoms with van der Waals surface area (Å²) in [5.41, 5.74) is 11.9. The Bertz CT molecular complexity index is 1660. The van der Waals surface area contributed by atoms with Crippen LogP contribution in [0.2, 0.25) is 10.3 Å². The van der Waals surface area contributed by atoms with E-state index in [9.17, 15) is 9.59 Å². The topological polar surface area (TPSA) is 135 Å². The number of aldehydes is 2. The molecule has 0 unspecified atom stereocenters. The second-order valence-corrected chi connectivity index (χ2v) is 10.8. The molecule has 0 atom stereocenters. The van der Waals surface area contributed by atoms with Crippen molar-refractivity contribution in [2.45, 2.75) is 58.9 Å². The highest BCUT2D eigenvalue weighted by atomic mass is 35.5. The number of imidazole rings is 2. The van der Waals surface area contributed by atoms with Gasteiger partial charge in [0.1, 0.15) is 23.0 Å². The molecule has 0 saturated heterocycles.